The maximum atomic E-state index is 12.0. The zero-order valence-electron chi connectivity index (χ0n) is 10.5. The van der Waals surface area contributed by atoms with Crippen LogP contribution in [0.15, 0.2) is 0 Å². The highest BCUT2D eigenvalue weighted by Gasteiger charge is 2.28. The lowest BCUT2D eigenvalue weighted by molar-refractivity contribution is -0.127. The van der Waals surface area contributed by atoms with Gasteiger partial charge in [0.25, 0.3) is 0 Å². The van der Waals surface area contributed by atoms with E-state index in [0.717, 1.165) is 32.0 Å². The Bertz CT molecular complexity index is 248. The number of piperidine rings is 1. The smallest absolute Gasteiger partial charge is 0.224 e. The van der Waals surface area contributed by atoms with E-state index in [0.29, 0.717) is 6.04 Å². The highest BCUT2D eigenvalue weighted by molar-refractivity contribution is 5.79. The lowest BCUT2D eigenvalue weighted by Gasteiger charge is -2.34. The Morgan fingerprint density at radius 1 is 1.38 bits per heavy atom. The molecule has 0 spiro atoms. The van der Waals surface area contributed by atoms with Crippen LogP contribution in [0.1, 0.15) is 39.5 Å². The van der Waals surface area contributed by atoms with Crippen LogP contribution >= 0.6 is 0 Å². The van der Waals surface area contributed by atoms with Crippen molar-refractivity contribution in [3.8, 4) is 0 Å². The number of rotatable bonds is 4. The van der Waals surface area contributed by atoms with E-state index in [1.807, 2.05) is 0 Å². The predicted octanol–water partition coefficient (Wildman–Crippen LogP) is 1.63. The number of carbonyl (C=O) groups excluding carboxylic acids is 1. The van der Waals surface area contributed by atoms with Crippen LogP contribution in [0.2, 0.25) is 0 Å². The first-order valence-electron chi connectivity index (χ1n) is 6.68. The first-order chi connectivity index (χ1) is 7.66. The minimum atomic E-state index is 0.231. The maximum absolute atomic E-state index is 12.0. The van der Waals surface area contributed by atoms with Crippen molar-refractivity contribution in [1.29, 1.82) is 0 Å². The van der Waals surface area contributed by atoms with Gasteiger partial charge in [-0.3, -0.25) is 4.79 Å². The quantitative estimate of drug-likeness (QED) is 0.787. The molecule has 2 rings (SSSR count). The summed E-state index contributed by atoms with van der Waals surface area (Å²) >= 11 is 0. The number of carbonyl (C=O) groups is 1. The van der Waals surface area contributed by atoms with E-state index in [9.17, 15) is 4.79 Å². The number of nitrogens with one attached hydrogen (secondary N) is 1. The second-order valence-corrected chi connectivity index (χ2v) is 5.62. The van der Waals surface area contributed by atoms with Crippen LogP contribution in [0, 0.1) is 11.8 Å². The molecule has 0 aromatic heterocycles. The van der Waals surface area contributed by atoms with Gasteiger partial charge in [0.2, 0.25) is 5.91 Å². The van der Waals surface area contributed by atoms with E-state index >= 15 is 0 Å². The fraction of sp³-hybridized carbons (Fsp3) is 0.923. The minimum absolute atomic E-state index is 0.231. The molecule has 0 aromatic rings. The Balaban J connectivity index is 1.75. The normalized spacial score (nSPS) is 27.1. The lowest BCUT2D eigenvalue weighted by atomic mass is 9.96. The van der Waals surface area contributed by atoms with Crippen LogP contribution in [0.4, 0.5) is 0 Å². The summed E-state index contributed by atoms with van der Waals surface area (Å²) in [6.07, 6.45) is 4.85. The number of hydrogen-bond acceptors (Lipinski definition) is 2. The molecule has 1 heterocycles. The van der Waals surface area contributed by atoms with E-state index < -0.39 is 0 Å². The van der Waals surface area contributed by atoms with Crippen LogP contribution in [-0.2, 0) is 4.79 Å². The van der Waals surface area contributed by atoms with Gasteiger partial charge in [0.15, 0.2) is 0 Å². The van der Waals surface area contributed by atoms with Crippen molar-refractivity contribution in [3.05, 3.63) is 0 Å². The summed E-state index contributed by atoms with van der Waals surface area (Å²) in [5.74, 6) is 1.31. The molecule has 92 valence electrons. The third-order valence-corrected chi connectivity index (χ3v) is 3.82. The summed E-state index contributed by atoms with van der Waals surface area (Å²) in [4.78, 5) is 14.4. The standard InChI is InChI=1S/C13H24N2O/c1-10(2)15-7-3-4-12(9-15)13(16)14-8-11-5-6-11/h10-12H,3-9H2,1-2H3,(H,14,16)/t12-/m0/s1. The fourth-order valence-electron chi connectivity index (χ4n) is 2.40. The minimum Gasteiger partial charge on any atom is -0.356 e. The number of hydrogen-bond donors (Lipinski definition) is 1. The molecule has 0 radical (unpaired) electrons. The summed E-state index contributed by atoms with van der Waals surface area (Å²) < 4.78 is 0. The third kappa shape index (κ3) is 3.21. The molecule has 2 fully saturated rings. The van der Waals surface area contributed by atoms with Gasteiger partial charge >= 0.3 is 0 Å². The second-order valence-electron chi connectivity index (χ2n) is 5.62. The van der Waals surface area contributed by atoms with Gasteiger partial charge in [-0.1, -0.05) is 0 Å². The molecule has 1 aliphatic heterocycles. The fourth-order valence-corrected chi connectivity index (χ4v) is 2.40. The first kappa shape index (κ1) is 11.9. The van der Waals surface area contributed by atoms with Crippen LogP contribution in [0.25, 0.3) is 0 Å². The molecule has 1 amide bonds. The zero-order chi connectivity index (χ0) is 11.5. The van der Waals surface area contributed by atoms with Gasteiger partial charge in [0.05, 0.1) is 5.92 Å². The number of amides is 1. The average molecular weight is 224 g/mol. The van der Waals surface area contributed by atoms with Crippen molar-refractivity contribution < 1.29 is 4.79 Å². The number of likely N-dealkylation sites (tertiary alicyclic amines) is 1. The van der Waals surface area contributed by atoms with Crippen molar-refractivity contribution >= 4 is 5.91 Å². The molecule has 1 aliphatic carbocycles. The lowest BCUT2D eigenvalue weighted by Crippen LogP contribution is -2.45. The molecule has 0 aromatic carbocycles. The molecule has 1 N–H and O–H groups in total. The van der Waals surface area contributed by atoms with Gasteiger partial charge in [-0.15, -0.1) is 0 Å². The molecular formula is C13H24N2O. The molecule has 0 bridgehead atoms. The Morgan fingerprint density at radius 2 is 2.12 bits per heavy atom. The summed E-state index contributed by atoms with van der Waals surface area (Å²) in [6.45, 7) is 7.45. The molecule has 16 heavy (non-hydrogen) atoms. The average Bonchev–Trinajstić information content (AvgIpc) is 3.10. The van der Waals surface area contributed by atoms with Gasteiger partial charge in [0, 0.05) is 19.1 Å². The van der Waals surface area contributed by atoms with Gasteiger partial charge in [-0.2, -0.15) is 0 Å². The molecule has 3 nitrogen and oxygen atoms in total. The Morgan fingerprint density at radius 3 is 2.75 bits per heavy atom. The highest BCUT2D eigenvalue weighted by atomic mass is 16.1. The van der Waals surface area contributed by atoms with Crippen LogP contribution < -0.4 is 5.32 Å². The molecular weight excluding hydrogens is 200 g/mol. The largest absolute Gasteiger partial charge is 0.356 e. The van der Waals surface area contributed by atoms with Crippen LogP contribution in [0.5, 0.6) is 0 Å². The van der Waals surface area contributed by atoms with Gasteiger partial charge in [0.1, 0.15) is 0 Å². The Hall–Kier alpha value is -0.570. The van der Waals surface area contributed by atoms with Gasteiger partial charge < -0.3 is 10.2 Å². The van der Waals surface area contributed by atoms with Crippen molar-refractivity contribution in [2.45, 2.75) is 45.6 Å². The highest BCUT2D eigenvalue weighted by Crippen LogP contribution is 2.28. The third-order valence-electron chi connectivity index (χ3n) is 3.82. The summed E-state index contributed by atoms with van der Waals surface area (Å²) in [7, 11) is 0. The summed E-state index contributed by atoms with van der Waals surface area (Å²) in [5, 5.41) is 3.11. The second kappa shape index (κ2) is 5.17. The van der Waals surface area contributed by atoms with Crippen molar-refractivity contribution in [2.24, 2.45) is 11.8 Å². The summed E-state index contributed by atoms with van der Waals surface area (Å²) in [6, 6.07) is 0.569. The predicted molar refractivity (Wildman–Crippen MR) is 65.2 cm³/mol. The SMILES string of the molecule is CC(C)N1CCC[C@H](C(=O)NCC2CC2)C1. The maximum Gasteiger partial charge on any atom is 0.224 e. The molecule has 3 heteroatoms. The Labute approximate surface area is 98.6 Å². The van der Waals surface area contributed by atoms with E-state index in [1.54, 1.807) is 0 Å². The van der Waals surface area contributed by atoms with Crippen molar-refractivity contribution in [1.82, 2.24) is 10.2 Å². The van der Waals surface area contributed by atoms with E-state index in [1.165, 1.54) is 19.3 Å². The van der Waals surface area contributed by atoms with E-state index in [4.69, 9.17) is 0 Å². The topological polar surface area (TPSA) is 32.3 Å². The van der Waals surface area contributed by atoms with Crippen LogP contribution in [0.3, 0.4) is 0 Å². The monoisotopic (exact) mass is 224 g/mol. The van der Waals surface area contributed by atoms with Gasteiger partial charge in [-0.05, 0) is 52.0 Å². The van der Waals surface area contributed by atoms with Crippen molar-refractivity contribution in [3.63, 3.8) is 0 Å². The molecule has 1 saturated carbocycles. The Kier molecular flexibility index (Phi) is 3.85. The molecule has 1 atom stereocenters. The number of nitrogens with zero attached hydrogens (tertiary/aromatic N) is 1. The molecule has 1 saturated heterocycles. The van der Waals surface area contributed by atoms with E-state index in [-0.39, 0.29) is 11.8 Å². The van der Waals surface area contributed by atoms with E-state index in [2.05, 4.69) is 24.1 Å². The van der Waals surface area contributed by atoms with Crippen molar-refractivity contribution in [2.75, 3.05) is 19.6 Å². The molecule has 2 aliphatic rings. The van der Waals surface area contributed by atoms with Crippen LogP contribution in [-0.4, -0.2) is 36.5 Å². The van der Waals surface area contributed by atoms with Gasteiger partial charge in [-0.25, -0.2) is 0 Å². The zero-order valence-corrected chi connectivity index (χ0v) is 10.5. The first-order valence-corrected chi connectivity index (χ1v) is 6.68. The molecule has 0 unspecified atom stereocenters. The summed E-state index contributed by atoms with van der Waals surface area (Å²) in [5.41, 5.74) is 0.